The summed E-state index contributed by atoms with van der Waals surface area (Å²) in [4.78, 5) is 11.8. The van der Waals surface area contributed by atoms with Crippen molar-refractivity contribution in [2.45, 2.75) is 51.7 Å². The molecular weight excluding hydrogens is 446 g/mol. The molecule has 6 nitrogen and oxygen atoms in total. The molecule has 1 aliphatic heterocycles. The summed E-state index contributed by atoms with van der Waals surface area (Å²) in [6, 6.07) is 19.1. The summed E-state index contributed by atoms with van der Waals surface area (Å²) in [5, 5.41) is 0.970. The van der Waals surface area contributed by atoms with Crippen molar-refractivity contribution in [3.8, 4) is 16.9 Å². The number of ether oxygens (including phenoxy) is 1. The molecule has 0 bridgehead atoms. The van der Waals surface area contributed by atoms with Gasteiger partial charge in [-0.1, -0.05) is 49.4 Å². The lowest BCUT2D eigenvalue weighted by Crippen LogP contribution is -2.36. The van der Waals surface area contributed by atoms with Gasteiger partial charge >= 0.3 is 0 Å². The molecule has 6 rings (SSSR count). The number of nitrogen functional groups attached to an aromatic ring is 1. The molecule has 6 heteroatoms. The first kappa shape index (κ1) is 23.0. The number of anilines is 1. The molecular formula is C30H35N5O. The van der Waals surface area contributed by atoms with Gasteiger partial charge in [-0.3, -0.25) is 0 Å². The maximum Gasteiger partial charge on any atom is 0.146 e. The van der Waals surface area contributed by atoms with Crippen molar-refractivity contribution in [3.05, 3.63) is 72.2 Å². The number of nitrogens with zero attached hydrogens (tertiary/aromatic N) is 4. The second kappa shape index (κ2) is 9.94. The topological polar surface area (TPSA) is 69.2 Å². The van der Waals surface area contributed by atoms with Crippen LogP contribution in [0.5, 0.6) is 5.75 Å². The number of likely N-dealkylation sites (tertiary alicyclic amines) is 1. The van der Waals surface area contributed by atoms with E-state index in [1.807, 2.05) is 24.3 Å². The maximum atomic E-state index is 6.50. The Labute approximate surface area is 213 Å². The van der Waals surface area contributed by atoms with Crippen molar-refractivity contribution in [1.82, 2.24) is 19.4 Å². The van der Waals surface area contributed by atoms with Crippen molar-refractivity contribution in [3.63, 3.8) is 0 Å². The molecule has 0 atom stereocenters. The Kier molecular flexibility index (Phi) is 6.36. The van der Waals surface area contributed by atoms with Crippen LogP contribution in [0.15, 0.2) is 60.9 Å². The third-order valence-corrected chi connectivity index (χ3v) is 7.91. The van der Waals surface area contributed by atoms with Crippen LogP contribution in [0, 0.1) is 5.92 Å². The molecule has 2 fully saturated rings. The van der Waals surface area contributed by atoms with Gasteiger partial charge in [0.2, 0.25) is 0 Å². The average molecular weight is 482 g/mol. The molecule has 186 valence electrons. The minimum atomic E-state index is 0.468. The highest BCUT2D eigenvalue weighted by atomic mass is 16.5. The summed E-state index contributed by atoms with van der Waals surface area (Å²) in [7, 11) is 0. The molecule has 0 radical (unpaired) electrons. The summed E-state index contributed by atoms with van der Waals surface area (Å²) in [5.41, 5.74) is 12.2. The van der Waals surface area contributed by atoms with E-state index in [0.717, 1.165) is 45.8 Å². The SMILES string of the molecule is CCc1c(-c2cccc(OCc3ccccc3)c2)c2c(N)ncnc2n1[C@H]1C[C@@H](CN2CCCC2)C1. The van der Waals surface area contributed by atoms with Crippen LogP contribution in [-0.2, 0) is 13.0 Å². The highest BCUT2D eigenvalue weighted by Gasteiger charge is 2.35. The van der Waals surface area contributed by atoms with Gasteiger partial charge in [0.15, 0.2) is 0 Å². The Bertz CT molecular complexity index is 1340. The number of benzene rings is 2. The van der Waals surface area contributed by atoms with Crippen LogP contribution >= 0.6 is 0 Å². The van der Waals surface area contributed by atoms with Crippen LogP contribution in [-0.4, -0.2) is 39.1 Å². The number of hydrogen-bond acceptors (Lipinski definition) is 5. The van der Waals surface area contributed by atoms with Gasteiger partial charge in [-0.2, -0.15) is 0 Å². The molecule has 4 aromatic rings. The molecule has 36 heavy (non-hydrogen) atoms. The summed E-state index contributed by atoms with van der Waals surface area (Å²) in [6.45, 7) is 6.54. The van der Waals surface area contributed by atoms with Crippen LogP contribution < -0.4 is 10.5 Å². The van der Waals surface area contributed by atoms with Gasteiger partial charge in [-0.25, -0.2) is 9.97 Å². The van der Waals surface area contributed by atoms with Crippen LogP contribution in [0.2, 0.25) is 0 Å². The standard InChI is InChI=1S/C30H35N5O/c1-2-26-27(23-11-8-12-25(17-23)36-19-21-9-4-3-5-10-21)28-29(31)32-20-33-30(28)35(26)24-15-22(16-24)18-34-13-6-7-14-34/h3-5,8-12,17,20,22,24H,2,6-7,13-16,18-19H2,1H3,(H2,31,32,33)/t22-,24+. The van der Waals surface area contributed by atoms with Crippen LogP contribution in [0.4, 0.5) is 5.82 Å². The third-order valence-electron chi connectivity index (χ3n) is 7.91. The Hall–Kier alpha value is -3.38. The number of rotatable bonds is 8. The lowest BCUT2D eigenvalue weighted by molar-refractivity contribution is 0.144. The molecule has 2 aromatic heterocycles. The summed E-state index contributed by atoms with van der Waals surface area (Å²) >= 11 is 0. The van der Waals surface area contributed by atoms with Gasteiger partial charge in [-0.05, 0) is 74.4 Å². The number of fused-ring (bicyclic) bond motifs is 1. The predicted octanol–water partition coefficient (Wildman–Crippen LogP) is 5.87. The fraction of sp³-hybridized carbons (Fsp3) is 0.400. The normalized spacial score (nSPS) is 20.0. The first-order valence-corrected chi connectivity index (χ1v) is 13.3. The fourth-order valence-corrected chi connectivity index (χ4v) is 6.13. The Morgan fingerprint density at radius 1 is 1.00 bits per heavy atom. The van der Waals surface area contributed by atoms with E-state index in [0.29, 0.717) is 18.5 Å². The third kappa shape index (κ3) is 4.35. The number of aromatic nitrogens is 3. The zero-order valence-electron chi connectivity index (χ0n) is 21.1. The van der Waals surface area contributed by atoms with Gasteiger partial charge in [-0.15, -0.1) is 0 Å². The molecule has 1 aliphatic carbocycles. The smallest absolute Gasteiger partial charge is 0.146 e. The highest BCUT2D eigenvalue weighted by Crippen LogP contribution is 2.46. The molecule has 2 aliphatic rings. The highest BCUT2D eigenvalue weighted by molar-refractivity contribution is 6.02. The second-order valence-electron chi connectivity index (χ2n) is 10.3. The van der Waals surface area contributed by atoms with E-state index < -0.39 is 0 Å². The van der Waals surface area contributed by atoms with E-state index in [1.165, 1.54) is 51.0 Å². The monoisotopic (exact) mass is 481 g/mol. The Balaban J connectivity index is 1.32. The van der Waals surface area contributed by atoms with Crippen LogP contribution in [0.25, 0.3) is 22.2 Å². The zero-order valence-corrected chi connectivity index (χ0v) is 21.1. The minimum Gasteiger partial charge on any atom is -0.489 e. The predicted molar refractivity (Wildman–Crippen MR) is 145 cm³/mol. The van der Waals surface area contributed by atoms with Crippen molar-refractivity contribution in [1.29, 1.82) is 0 Å². The molecule has 1 saturated heterocycles. The lowest BCUT2D eigenvalue weighted by Gasteiger charge is -2.39. The van der Waals surface area contributed by atoms with Crippen molar-refractivity contribution >= 4 is 16.9 Å². The largest absolute Gasteiger partial charge is 0.489 e. The fourth-order valence-electron chi connectivity index (χ4n) is 6.13. The number of nitrogens with two attached hydrogens (primary N) is 1. The Morgan fingerprint density at radius 3 is 2.58 bits per heavy atom. The maximum absolute atomic E-state index is 6.50. The summed E-state index contributed by atoms with van der Waals surface area (Å²) < 4.78 is 8.63. The second-order valence-corrected chi connectivity index (χ2v) is 10.3. The van der Waals surface area contributed by atoms with E-state index >= 15 is 0 Å². The van der Waals surface area contributed by atoms with E-state index in [-0.39, 0.29) is 0 Å². The van der Waals surface area contributed by atoms with Gasteiger partial charge < -0.3 is 19.9 Å². The van der Waals surface area contributed by atoms with E-state index in [2.05, 4.69) is 51.7 Å². The zero-order chi connectivity index (χ0) is 24.5. The van der Waals surface area contributed by atoms with Gasteiger partial charge in [0.25, 0.3) is 0 Å². The van der Waals surface area contributed by atoms with E-state index in [4.69, 9.17) is 15.5 Å². The van der Waals surface area contributed by atoms with Gasteiger partial charge in [0.05, 0.1) is 5.39 Å². The quantitative estimate of drug-likeness (QED) is 0.341. The minimum absolute atomic E-state index is 0.468. The Morgan fingerprint density at radius 2 is 1.81 bits per heavy atom. The molecule has 2 N–H and O–H groups in total. The van der Waals surface area contributed by atoms with E-state index in [9.17, 15) is 0 Å². The van der Waals surface area contributed by atoms with E-state index in [1.54, 1.807) is 6.33 Å². The average Bonchev–Trinajstić information content (AvgIpc) is 3.52. The van der Waals surface area contributed by atoms with Crippen LogP contribution in [0.3, 0.4) is 0 Å². The molecule has 3 heterocycles. The first-order valence-electron chi connectivity index (χ1n) is 13.3. The lowest BCUT2D eigenvalue weighted by atomic mass is 9.79. The van der Waals surface area contributed by atoms with Gasteiger partial charge in [0.1, 0.15) is 30.1 Å². The number of hydrogen-bond donors (Lipinski definition) is 1. The van der Waals surface area contributed by atoms with Crippen molar-refractivity contribution in [2.75, 3.05) is 25.4 Å². The summed E-state index contributed by atoms with van der Waals surface area (Å²) in [6.07, 6.45) is 7.64. The van der Waals surface area contributed by atoms with Gasteiger partial charge in [0, 0.05) is 23.8 Å². The molecule has 0 spiro atoms. The summed E-state index contributed by atoms with van der Waals surface area (Å²) in [5.74, 6) is 2.17. The molecule has 2 aromatic carbocycles. The first-order chi connectivity index (χ1) is 17.7. The van der Waals surface area contributed by atoms with Crippen LogP contribution in [0.1, 0.15) is 49.9 Å². The van der Waals surface area contributed by atoms with Crippen molar-refractivity contribution in [2.24, 2.45) is 5.92 Å². The molecule has 0 amide bonds. The van der Waals surface area contributed by atoms with Crippen molar-refractivity contribution < 1.29 is 4.74 Å². The molecule has 0 unspecified atom stereocenters. The molecule has 1 saturated carbocycles.